The molecule has 0 spiro atoms. The van der Waals surface area contributed by atoms with Crippen molar-refractivity contribution in [3.05, 3.63) is 59.4 Å². The summed E-state index contributed by atoms with van der Waals surface area (Å²) in [5.74, 6) is -0.0434. The van der Waals surface area contributed by atoms with E-state index in [0.29, 0.717) is 16.9 Å². The summed E-state index contributed by atoms with van der Waals surface area (Å²) in [7, 11) is -3.16. The maximum Gasteiger partial charge on any atom is 0.252 e. The van der Waals surface area contributed by atoms with Crippen molar-refractivity contribution in [3.8, 4) is 0 Å². The van der Waals surface area contributed by atoms with E-state index in [4.69, 9.17) is 0 Å². The van der Waals surface area contributed by atoms with Crippen LogP contribution >= 0.6 is 0 Å². The van der Waals surface area contributed by atoms with Gasteiger partial charge in [-0.05, 0) is 61.6 Å². The molecule has 2 aromatic rings. The normalized spacial score (nSPS) is 20.0. The van der Waals surface area contributed by atoms with Crippen molar-refractivity contribution in [3.63, 3.8) is 0 Å². The maximum absolute atomic E-state index is 12.7. The van der Waals surface area contributed by atoms with Crippen LogP contribution in [0, 0.1) is 0 Å². The van der Waals surface area contributed by atoms with Crippen molar-refractivity contribution < 1.29 is 13.2 Å². The topological polar surface area (TPSA) is 76.1 Å². The molecule has 24 heavy (non-hydrogen) atoms. The predicted octanol–water partition coefficient (Wildman–Crippen LogP) is 2.22. The molecule has 0 bridgehead atoms. The molecule has 0 radical (unpaired) electrons. The molecular formula is C18H18N2O3S. The Kier molecular flexibility index (Phi) is 3.46. The Morgan fingerprint density at radius 1 is 1.17 bits per heavy atom. The fourth-order valence-electron chi connectivity index (χ4n) is 3.48. The van der Waals surface area contributed by atoms with Gasteiger partial charge in [-0.15, -0.1) is 0 Å². The van der Waals surface area contributed by atoms with Gasteiger partial charge in [-0.3, -0.25) is 9.78 Å². The van der Waals surface area contributed by atoms with E-state index in [1.165, 1.54) is 0 Å². The SMILES string of the molecule is O=C(NC1(c2ccccn2)CCC1)c1ccc2c(c1)CCS2(=O)=O. The lowest BCUT2D eigenvalue weighted by Crippen LogP contribution is -2.51. The zero-order valence-corrected chi connectivity index (χ0v) is 14.0. The highest BCUT2D eigenvalue weighted by Crippen LogP contribution is 2.40. The molecule has 2 aliphatic rings. The molecule has 0 atom stereocenters. The molecule has 1 fully saturated rings. The lowest BCUT2D eigenvalue weighted by atomic mass is 9.74. The molecule has 1 aromatic carbocycles. The molecule has 0 saturated heterocycles. The molecule has 1 aliphatic carbocycles. The summed E-state index contributed by atoms with van der Waals surface area (Å²) in [6.45, 7) is 0. The molecule has 1 aromatic heterocycles. The van der Waals surface area contributed by atoms with Gasteiger partial charge in [0.15, 0.2) is 9.84 Å². The molecule has 124 valence electrons. The second kappa shape index (κ2) is 5.41. The minimum Gasteiger partial charge on any atom is -0.341 e. The van der Waals surface area contributed by atoms with E-state index in [1.54, 1.807) is 24.4 Å². The molecule has 1 N–H and O–H groups in total. The monoisotopic (exact) mass is 342 g/mol. The number of amides is 1. The van der Waals surface area contributed by atoms with Gasteiger partial charge in [-0.2, -0.15) is 0 Å². The first-order valence-electron chi connectivity index (χ1n) is 8.10. The van der Waals surface area contributed by atoms with Crippen molar-refractivity contribution in [2.45, 2.75) is 36.1 Å². The molecule has 2 heterocycles. The summed E-state index contributed by atoms with van der Waals surface area (Å²) < 4.78 is 23.8. The molecule has 1 amide bonds. The van der Waals surface area contributed by atoms with Gasteiger partial charge in [-0.1, -0.05) is 6.07 Å². The van der Waals surface area contributed by atoms with E-state index in [0.717, 1.165) is 30.5 Å². The smallest absolute Gasteiger partial charge is 0.252 e. The number of carbonyl (C=O) groups is 1. The highest BCUT2D eigenvalue weighted by Gasteiger charge is 2.41. The van der Waals surface area contributed by atoms with Gasteiger partial charge in [0.1, 0.15) is 0 Å². The highest BCUT2D eigenvalue weighted by molar-refractivity contribution is 7.91. The number of aromatic nitrogens is 1. The summed E-state index contributed by atoms with van der Waals surface area (Å²) in [5, 5.41) is 3.12. The van der Waals surface area contributed by atoms with E-state index < -0.39 is 15.4 Å². The van der Waals surface area contributed by atoms with Crippen LogP contribution in [0.2, 0.25) is 0 Å². The molecule has 5 nitrogen and oxygen atoms in total. The van der Waals surface area contributed by atoms with E-state index in [2.05, 4.69) is 10.3 Å². The number of hydrogen-bond acceptors (Lipinski definition) is 4. The zero-order chi connectivity index (χ0) is 16.8. The van der Waals surface area contributed by atoms with Crippen LogP contribution in [0.1, 0.15) is 40.9 Å². The Labute approximate surface area is 141 Å². The van der Waals surface area contributed by atoms with Crippen LogP contribution in [-0.2, 0) is 21.8 Å². The average molecular weight is 342 g/mol. The summed E-state index contributed by atoms with van der Waals surface area (Å²) in [4.78, 5) is 17.5. The fraction of sp³-hybridized carbons (Fsp3) is 0.333. The number of nitrogens with zero attached hydrogens (tertiary/aromatic N) is 1. The standard InChI is InChI=1S/C18H18N2O3S/c21-17(14-5-6-15-13(12-14)7-11-24(15,22)23)20-18(8-3-9-18)16-4-1-2-10-19-16/h1-2,4-6,10,12H,3,7-9,11H2,(H,20,21). The van der Waals surface area contributed by atoms with Crippen LogP contribution in [0.25, 0.3) is 0 Å². The second-order valence-electron chi connectivity index (χ2n) is 6.50. The molecule has 6 heteroatoms. The van der Waals surface area contributed by atoms with Gasteiger partial charge in [-0.25, -0.2) is 8.42 Å². The van der Waals surface area contributed by atoms with E-state index in [9.17, 15) is 13.2 Å². The number of aryl methyl sites for hydroxylation is 1. The van der Waals surface area contributed by atoms with Gasteiger partial charge in [0.25, 0.3) is 5.91 Å². The minimum absolute atomic E-state index is 0.130. The van der Waals surface area contributed by atoms with Crippen LogP contribution in [0.4, 0.5) is 0 Å². The largest absolute Gasteiger partial charge is 0.341 e. The first kappa shape index (κ1) is 15.3. The predicted molar refractivity (Wildman–Crippen MR) is 89.4 cm³/mol. The molecular weight excluding hydrogens is 324 g/mol. The Morgan fingerprint density at radius 3 is 2.67 bits per heavy atom. The minimum atomic E-state index is -3.16. The quantitative estimate of drug-likeness (QED) is 0.928. The van der Waals surface area contributed by atoms with Crippen LogP contribution < -0.4 is 5.32 Å². The lowest BCUT2D eigenvalue weighted by molar-refractivity contribution is 0.0816. The van der Waals surface area contributed by atoms with Crippen molar-refractivity contribution in [1.82, 2.24) is 10.3 Å². The Balaban J connectivity index is 1.61. The van der Waals surface area contributed by atoms with Crippen LogP contribution in [-0.4, -0.2) is 25.1 Å². The number of hydrogen-bond donors (Lipinski definition) is 1. The van der Waals surface area contributed by atoms with Crippen molar-refractivity contribution >= 4 is 15.7 Å². The van der Waals surface area contributed by atoms with Crippen molar-refractivity contribution in [2.24, 2.45) is 0 Å². The molecule has 0 unspecified atom stereocenters. The summed E-state index contributed by atoms with van der Waals surface area (Å²) in [6, 6.07) is 10.6. The van der Waals surface area contributed by atoms with Gasteiger partial charge < -0.3 is 5.32 Å². The molecule has 1 saturated carbocycles. The van der Waals surface area contributed by atoms with Gasteiger partial charge in [0.2, 0.25) is 0 Å². The van der Waals surface area contributed by atoms with Crippen LogP contribution in [0.5, 0.6) is 0 Å². The van der Waals surface area contributed by atoms with Crippen LogP contribution in [0.15, 0.2) is 47.5 Å². The Morgan fingerprint density at radius 2 is 2.00 bits per heavy atom. The number of benzene rings is 1. The van der Waals surface area contributed by atoms with Crippen LogP contribution in [0.3, 0.4) is 0 Å². The fourth-order valence-corrected chi connectivity index (χ4v) is 5.03. The van der Waals surface area contributed by atoms with Gasteiger partial charge in [0, 0.05) is 11.8 Å². The summed E-state index contributed by atoms with van der Waals surface area (Å²) in [5.41, 5.74) is 1.73. The summed E-state index contributed by atoms with van der Waals surface area (Å²) >= 11 is 0. The number of sulfone groups is 1. The van der Waals surface area contributed by atoms with Crippen molar-refractivity contribution in [1.29, 1.82) is 0 Å². The number of nitrogens with one attached hydrogen (secondary N) is 1. The lowest BCUT2D eigenvalue weighted by Gasteiger charge is -2.42. The Hall–Kier alpha value is -2.21. The number of rotatable bonds is 3. The number of carbonyl (C=O) groups excluding carboxylic acids is 1. The molecule has 4 rings (SSSR count). The highest BCUT2D eigenvalue weighted by atomic mass is 32.2. The number of pyridine rings is 1. The van der Waals surface area contributed by atoms with Gasteiger partial charge in [0.05, 0.1) is 21.9 Å². The Bertz CT molecular complexity index is 903. The van der Waals surface area contributed by atoms with E-state index in [-0.39, 0.29) is 11.7 Å². The maximum atomic E-state index is 12.7. The third kappa shape index (κ3) is 2.41. The van der Waals surface area contributed by atoms with Crippen molar-refractivity contribution in [2.75, 3.05) is 5.75 Å². The molecule has 1 aliphatic heterocycles. The first-order valence-corrected chi connectivity index (χ1v) is 9.75. The number of fused-ring (bicyclic) bond motifs is 1. The van der Waals surface area contributed by atoms with E-state index in [1.807, 2.05) is 18.2 Å². The first-order chi connectivity index (χ1) is 11.5. The zero-order valence-electron chi connectivity index (χ0n) is 13.2. The average Bonchev–Trinajstić information content (AvgIpc) is 2.86. The van der Waals surface area contributed by atoms with Gasteiger partial charge >= 0.3 is 0 Å². The third-order valence-corrected chi connectivity index (χ3v) is 6.82. The third-order valence-electron chi connectivity index (χ3n) is 5.01. The second-order valence-corrected chi connectivity index (χ2v) is 8.57. The summed E-state index contributed by atoms with van der Waals surface area (Å²) in [6.07, 6.45) is 5.01. The van der Waals surface area contributed by atoms with E-state index >= 15 is 0 Å².